The zero-order valence-electron chi connectivity index (χ0n) is 11.4. The maximum Gasteiger partial charge on any atom is 0.255 e. The topological polar surface area (TPSA) is 49.8 Å². The number of carbonyl (C=O) groups is 1. The van der Waals surface area contributed by atoms with E-state index in [-0.39, 0.29) is 19.6 Å². The van der Waals surface area contributed by atoms with Gasteiger partial charge in [0.25, 0.3) is 6.43 Å². The molecule has 1 N–H and O–H groups in total. The van der Waals surface area contributed by atoms with E-state index in [4.69, 9.17) is 4.74 Å². The molecule has 1 aliphatic rings. The summed E-state index contributed by atoms with van der Waals surface area (Å²) in [5, 5.41) is 10.3. The number of aliphatic hydroxyl groups is 1. The summed E-state index contributed by atoms with van der Waals surface area (Å²) in [7, 11) is 1.46. The largest absolute Gasteiger partial charge is 0.389 e. The number of alkyl halides is 2. The van der Waals surface area contributed by atoms with E-state index in [1.807, 2.05) is 0 Å². The van der Waals surface area contributed by atoms with Gasteiger partial charge in [0.15, 0.2) is 0 Å². The van der Waals surface area contributed by atoms with Crippen molar-refractivity contribution in [3.63, 3.8) is 0 Å². The fourth-order valence-electron chi connectivity index (χ4n) is 2.47. The number of halogens is 2. The second-order valence-electron chi connectivity index (χ2n) is 5.19. The molecule has 4 nitrogen and oxygen atoms in total. The van der Waals surface area contributed by atoms with Crippen LogP contribution in [0.4, 0.5) is 8.78 Å². The van der Waals surface area contributed by atoms with E-state index in [2.05, 4.69) is 0 Å². The first kappa shape index (κ1) is 16.3. The molecule has 1 rings (SSSR count). The summed E-state index contributed by atoms with van der Waals surface area (Å²) in [4.78, 5) is 13.1. The highest BCUT2D eigenvalue weighted by Crippen LogP contribution is 2.31. The number of hydrogen-bond acceptors (Lipinski definition) is 3. The van der Waals surface area contributed by atoms with Gasteiger partial charge in [0.05, 0.1) is 25.2 Å². The van der Waals surface area contributed by atoms with Gasteiger partial charge in [-0.05, 0) is 12.8 Å². The van der Waals surface area contributed by atoms with Gasteiger partial charge in [0, 0.05) is 13.7 Å². The highest BCUT2D eigenvalue weighted by atomic mass is 19.3. The van der Waals surface area contributed by atoms with Gasteiger partial charge in [-0.1, -0.05) is 19.3 Å². The summed E-state index contributed by atoms with van der Waals surface area (Å²) >= 11 is 0. The number of ether oxygens (including phenoxy) is 1. The van der Waals surface area contributed by atoms with Gasteiger partial charge in [-0.15, -0.1) is 0 Å². The molecule has 1 amide bonds. The number of amides is 1. The number of carbonyl (C=O) groups excluding carboxylic acids is 1. The summed E-state index contributed by atoms with van der Waals surface area (Å²) in [6.07, 6.45) is 1.34. The van der Waals surface area contributed by atoms with Crippen molar-refractivity contribution in [2.24, 2.45) is 0 Å². The van der Waals surface area contributed by atoms with Crippen LogP contribution in [-0.2, 0) is 9.53 Å². The van der Waals surface area contributed by atoms with Crippen LogP contribution >= 0.6 is 0 Å². The van der Waals surface area contributed by atoms with Crippen LogP contribution in [-0.4, -0.2) is 54.7 Å². The van der Waals surface area contributed by atoms with Crippen LogP contribution in [0.15, 0.2) is 0 Å². The van der Waals surface area contributed by atoms with Gasteiger partial charge in [0.2, 0.25) is 5.91 Å². The molecule has 0 bridgehead atoms. The standard InChI is InChI=1S/C13H23F2NO3/c1-19-8-7-16(10-11(14)15)12(17)9-13(18)5-3-2-4-6-13/h11,18H,2-10H2,1H3. The molecule has 0 atom stereocenters. The molecule has 1 aliphatic carbocycles. The quantitative estimate of drug-likeness (QED) is 0.773. The Hall–Kier alpha value is -0.750. The fraction of sp³-hybridized carbons (Fsp3) is 0.923. The molecule has 0 radical (unpaired) electrons. The van der Waals surface area contributed by atoms with Crippen molar-refractivity contribution in [3.8, 4) is 0 Å². The van der Waals surface area contributed by atoms with Crippen molar-refractivity contribution in [3.05, 3.63) is 0 Å². The van der Waals surface area contributed by atoms with Gasteiger partial charge in [-0.25, -0.2) is 8.78 Å². The Bertz CT molecular complexity index is 281. The Morgan fingerprint density at radius 3 is 2.53 bits per heavy atom. The molecule has 0 heterocycles. The molecule has 6 heteroatoms. The van der Waals surface area contributed by atoms with Crippen molar-refractivity contribution >= 4 is 5.91 Å². The maximum atomic E-state index is 12.4. The highest BCUT2D eigenvalue weighted by Gasteiger charge is 2.33. The van der Waals surface area contributed by atoms with Crippen LogP contribution in [0.2, 0.25) is 0 Å². The molecule has 0 aromatic rings. The lowest BCUT2D eigenvalue weighted by Crippen LogP contribution is -2.43. The van der Waals surface area contributed by atoms with Gasteiger partial charge in [-0.2, -0.15) is 0 Å². The van der Waals surface area contributed by atoms with Crippen molar-refractivity contribution in [1.29, 1.82) is 0 Å². The minimum absolute atomic E-state index is 0.0660. The SMILES string of the molecule is COCCN(CC(F)F)C(=O)CC1(O)CCCCC1. The molecular weight excluding hydrogens is 256 g/mol. The molecule has 0 aromatic carbocycles. The van der Waals surface area contributed by atoms with Crippen LogP contribution in [0.3, 0.4) is 0 Å². The van der Waals surface area contributed by atoms with E-state index in [1.165, 1.54) is 7.11 Å². The first-order chi connectivity index (χ1) is 8.97. The lowest BCUT2D eigenvalue weighted by Gasteiger charge is -2.33. The predicted molar refractivity (Wildman–Crippen MR) is 67.1 cm³/mol. The predicted octanol–water partition coefficient (Wildman–Crippen LogP) is 1.81. The van der Waals surface area contributed by atoms with E-state index < -0.39 is 24.5 Å². The van der Waals surface area contributed by atoms with Gasteiger partial charge in [-0.3, -0.25) is 4.79 Å². The minimum atomic E-state index is -2.57. The van der Waals surface area contributed by atoms with Gasteiger partial charge < -0.3 is 14.7 Å². The smallest absolute Gasteiger partial charge is 0.255 e. The minimum Gasteiger partial charge on any atom is -0.389 e. The molecule has 0 aromatic heterocycles. The molecule has 1 saturated carbocycles. The summed E-state index contributed by atoms with van der Waals surface area (Å²) in [6, 6.07) is 0. The molecule has 1 fully saturated rings. The van der Waals surface area contributed by atoms with Crippen LogP contribution < -0.4 is 0 Å². The Morgan fingerprint density at radius 1 is 1.37 bits per heavy atom. The second-order valence-corrected chi connectivity index (χ2v) is 5.19. The highest BCUT2D eigenvalue weighted by molar-refractivity contribution is 5.77. The average Bonchev–Trinajstić information content (AvgIpc) is 2.34. The fourth-order valence-corrected chi connectivity index (χ4v) is 2.47. The van der Waals surface area contributed by atoms with Crippen LogP contribution in [0.5, 0.6) is 0 Å². The number of nitrogens with zero attached hydrogens (tertiary/aromatic N) is 1. The van der Waals surface area contributed by atoms with E-state index in [9.17, 15) is 18.7 Å². The van der Waals surface area contributed by atoms with Crippen molar-refractivity contribution < 1.29 is 23.4 Å². The summed E-state index contributed by atoms with van der Waals surface area (Å²) in [6.45, 7) is -0.245. The molecule has 112 valence electrons. The van der Waals surface area contributed by atoms with Crippen LogP contribution in [0.25, 0.3) is 0 Å². The molecular formula is C13H23F2NO3. The van der Waals surface area contributed by atoms with Gasteiger partial charge in [0.1, 0.15) is 0 Å². The molecule has 0 unspecified atom stereocenters. The Kier molecular flexibility index (Phi) is 6.65. The first-order valence-electron chi connectivity index (χ1n) is 6.74. The normalized spacial score (nSPS) is 18.6. The number of hydrogen-bond donors (Lipinski definition) is 1. The second kappa shape index (κ2) is 7.75. The van der Waals surface area contributed by atoms with E-state index >= 15 is 0 Å². The number of rotatable bonds is 7. The molecule has 0 spiro atoms. The summed E-state index contributed by atoms with van der Waals surface area (Å²) in [5.41, 5.74) is -1.01. The molecule has 0 saturated heterocycles. The van der Waals surface area contributed by atoms with Gasteiger partial charge >= 0.3 is 0 Å². The van der Waals surface area contributed by atoms with Crippen molar-refractivity contribution in [2.75, 3.05) is 26.8 Å². The Balaban J connectivity index is 2.54. The first-order valence-corrected chi connectivity index (χ1v) is 6.74. The third-order valence-electron chi connectivity index (χ3n) is 3.54. The lowest BCUT2D eigenvalue weighted by atomic mass is 9.82. The van der Waals surface area contributed by atoms with E-state index in [0.29, 0.717) is 12.8 Å². The zero-order valence-corrected chi connectivity index (χ0v) is 11.4. The summed E-state index contributed by atoms with van der Waals surface area (Å²) < 4.78 is 29.7. The number of methoxy groups -OCH3 is 1. The monoisotopic (exact) mass is 279 g/mol. The third kappa shape index (κ3) is 5.82. The molecule has 0 aliphatic heterocycles. The third-order valence-corrected chi connectivity index (χ3v) is 3.54. The molecule has 19 heavy (non-hydrogen) atoms. The van der Waals surface area contributed by atoms with Crippen molar-refractivity contribution in [2.45, 2.75) is 50.6 Å². The van der Waals surface area contributed by atoms with Crippen LogP contribution in [0.1, 0.15) is 38.5 Å². The zero-order chi connectivity index (χ0) is 14.3. The Morgan fingerprint density at radius 2 is 2.00 bits per heavy atom. The maximum absolute atomic E-state index is 12.4. The van der Waals surface area contributed by atoms with Crippen LogP contribution in [0, 0.1) is 0 Å². The average molecular weight is 279 g/mol. The van der Waals surface area contributed by atoms with Crippen molar-refractivity contribution in [1.82, 2.24) is 4.90 Å². The summed E-state index contributed by atoms with van der Waals surface area (Å²) in [5.74, 6) is -0.415. The lowest BCUT2D eigenvalue weighted by molar-refractivity contribution is -0.140. The Labute approximate surface area is 112 Å². The van der Waals surface area contributed by atoms with E-state index in [1.54, 1.807) is 0 Å². The van der Waals surface area contributed by atoms with E-state index in [0.717, 1.165) is 24.2 Å².